The maximum Gasteiger partial charge on any atom is 0.340 e. The van der Waals surface area contributed by atoms with Crippen molar-refractivity contribution in [2.24, 2.45) is 0 Å². The van der Waals surface area contributed by atoms with Crippen molar-refractivity contribution in [1.29, 1.82) is 0 Å². The van der Waals surface area contributed by atoms with Gasteiger partial charge in [-0.1, -0.05) is 48.0 Å². The molecule has 0 radical (unpaired) electrons. The molecule has 0 atom stereocenters. The molecule has 0 spiro atoms. The lowest BCUT2D eigenvalue weighted by molar-refractivity contribution is -0.384. The predicted octanol–water partition coefficient (Wildman–Crippen LogP) is 4.38. The fourth-order valence-corrected chi connectivity index (χ4v) is 3.62. The monoisotopic (exact) mass is 421 g/mol. The second-order valence-electron chi connectivity index (χ2n) is 6.56. The topological polar surface area (TPSA) is 104 Å². The van der Waals surface area contributed by atoms with E-state index in [0.717, 1.165) is 0 Å². The first-order valence-electron chi connectivity index (χ1n) is 8.80. The highest BCUT2D eigenvalue weighted by Gasteiger charge is 2.33. The van der Waals surface area contributed by atoms with Crippen LogP contribution < -0.4 is 0 Å². The van der Waals surface area contributed by atoms with E-state index < -0.39 is 16.7 Å². The molecule has 148 valence electrons. The Hall–Kier alpha value is -3.84. The van der Waals surface area contributed by atoms with Crippen LogP contribution in [0.25, 0.3) is 0 Å². The zero-order valence-electron chi connectivity index (χ0n) is 15.3. The molecule has 0 aliphatic heterocycles. The summed E-state index contributed by atoms with van der Waals surface area (Å²) in [6.07, 6.45) is 0. The van der Waals surface area contributed by atoms with E-state index in [1.165, 1.54) is 36.4 Å². The highest BCUT2D eigenvalue weighted by molar-refractivity contribution is 6.41. The first kappa shape index (κ1) is 19.5. The van der Waals surface area contributed by atoms with Crippen LogP contribution in [0.4, 0.5) is 5.69 Å². The largest absolute Gasteiger partial charge is 0.457 e. The summed E-state index contributed by atoms with van der Waals surface area (Å²) in [6.45, 7) is -0.219. The highest BCUT2D eigenvalue weighted by atomic mass is 35.5. The van der Waals surface area contributed by atoms with Crippen LogP contribution in [0, 0.1) is 10.1 Å². The van der Waals surface area contributed by atoms with Gasteiger partial charge in [0.2, 0.25) is 0 Å². The molecule has 3 aromatic carbocycles. The first-order valence-corrected chi connectivity index (χ1v) is 9.17. The van der Waals surface area contributed by atoms with Gasteiger partial charge in [-0.3, -0.25) is 19.7 Å². The van der Waals surface area contributed by atoms with Gasteiger partial charge in [-0.05, 0) is 17.7 Å². The van der Waals surface area contributed by atoms with Crippen molar-refractivity contribution in [3.8, 4) is 0 Å². The van der Waals surface area contributed by atoms with Crippen LogP contribution in [0.1, 0.15) is 47.8 Å². The lowest BCUT2D eigenvalue weighted by atomic mass is 9.83. The zero-order valence-corrected chi connectivity index (χ0v) is 16.0. The number of ketones is 2. The molecule has 1 aliphatic carbocycles. The number of nitro groups is 1. The maximum absolute atomic E-state index is 12.9. The molecule has 0 N–H and O–H groups in total. The van der Waals surface area contributed by atoms with Crippen molar-refractivity contribution in [3.05, 3.63) is 109 Å². The minimum atomic E-state index is -0.812. The van der Waals surface area contributed by atoms with E-state index in [4.69, 9.17) is 16.3 Å². The summed E-state index contributed by atoms with van der Waals surface area (Å²) in [7, 11) is 0. The van der Waals surface area contributed by atoms with Crippen LogP contribution in [0.5, 0.6) is 0 Å². The van der Waals surface area contributed by atoms with Crippen LogP contribution in [-0.2, 0) is 11.3 Å². The van der Waals surface area contributed by atoms with Gasteiger partial charge in [0.15, 0.2) is 11.6 Å². The molecule has 0 unspecified atom stereocenters. The molecule has 7 nitrogen and oxygen atoms in total. The number of hydrogen-bond donors (Lipinski definition) is 0. The summed E-state index contributed by atoms with van der Waals surface area (Å²) in [5, 5.41) is 10.7. The minimum Gasteiger partial charge on any atom is -0.457 e. The number of nitro benzene ring substituents is 1. The van der Waals surface area contributed by atoms with Gasteiger partial charge in [0, 0.05) is 28.8 Å². The number of halogens is 1. The summed E-state index contributed by atoms with van der Waals surface area (Å²) >= 11 is 6.33. The number of hydrogen-bond acceptors (Lipinski definition) is 6. The van der Waals surface area contributed by atoms with E-state index in [2.05, 4.69) is 0 Å². The fraction of sp³-hybridized carbons (Fsp3) is 0.0455. The molecule has 0 fully saturated rings. The fourth-order valence-electron chi connectivity index (χ4n) is 3.29. The van der Waals surface area contributed by atoms with Crippen molar-refractivity contribution >= 4 is 34.8 Å². The van der Waals surface area contributed by atoms with Gasteiger partial charge in [0.05, 0.1) is 21.1 Å². The van der Waals surface area contributed by atoms with Gasteiger partial charge in [-0.25, -0.2) is 4.79 Å². The van der Waals surface area contributed by atoms with Crippen LogP contribution in [-0.4, -0.2) is 22.5 Å². The smallest absolute Gasteiger partial charge is 0.340 e. The van der Waals surface area contributed by atoms with E-state index in [1.54, 1.807) is 24.3 Å². The Morgan fingerprint density at radius 2 is 1.63 bits per heavy atom. The van der Waals surface area contributed by atoms with Crippen molar-refractivity contribution in [2.45, 2.75) is 6.61 Å². The van der Waals surface area contributed by atoms with Gasteiger partial charge in [0.1, 0.15) is 6.61 Å². The summed E-state index contributed by atoms with van der Waals surface area (Å²) in [5.74, 6) is -1.61. The molecule has 0 aromatic heterocycles. The van der Waals surface area contributed by atoms with Gasteiger partial charge in [-0.15, -0.1) is 0 Å². The van der Waals surface area contributed by atoms with Crippen molar-refractivity contribution < 1.29 is 24.0 Å². The van der Waals surface area contributed by atoms with Crippen LogP contribution in [0.15, 0.2) is 60.7 Å². The third-order valence-corrected chi connectivity index (χ3v) is 5.13. The van der Waals surface area contributed by atoms with Crippen LogP contribution >= 0.6 is 11.6 Å². The summed E-state index contributed by atoms with van der Waals surface area (Å²) in [4.78, 5) is 48.4. The summed E-state index contributed by atoms with van der Waals surface area (Å²) < 4.78 is 5.21. The number of ether oxygens (including phenoxy) is 1. The molecule has 30 heavy (non-hydrogen) atoms. The third kappa shape index (κ3) is 3.25. The minimum absolute atomic E-state index is 0.0369. The third-order valence-electron chi connectivity index (χ3n) is 4.74. The number of nitrogens with zero attached hydrogens (tertiary/aromatic N) is 1. The molecule has 1 aliphatic rings. The number of esters is 1. The molecule has 8 heteroatoms. The SMILES string of the molecule is O=C(OCc1cccc([N+](=O)[O-])c1)c1ccc2c(c1Cl)C(=O)c1ccccc1C2=O. The van der Waals surface area contributed by atoms with E-state index >= 15 is 0 Å². The first-order chi connectivity index (χ1) is 14.4. The molecule has 3 aromatic rings. The van der Waals surface area contributed by atoms with Gasteiger partial charge in [0.25, 0.3) is 5.69 Å². The number of benzene rings is 3. The van der Waals surface area contributed by atoms with Crippen LogP contribution in [0.3, 0.4) is 0 Å². The molecule has 4 rings (SSSR count). The van der Waals surface area contributed by atoms with Gasteiger partial charge < -0.3 is 4.74 Å². The average molecular weight is 422 g/mol. The second kappa shape index (κ2) is 7.53. The number of fused-ring (bicyclic) bond motifs is 2. The highest BCUT2D eigenvalue weighted by Crippen LogP contribution is 2.34. The Morgan fingerprint density at radius 1 is 0.933 bits per heavy atom. The molecule has 0 heterocycles. The lowest BCUT2D eigenvalue weighted by Gasteiger charge is -2.19. The Bertz CT molecular complexity index is 1250. The molecular formula is C22H12ClNO6. The summed E-state index contributed by atoms with van der Waals surface area (Å²) in [5.41, 5.74) is 0.821. The summed E-state index contributed by atoms with van der Waals surface area (Å²) in [6, 6.07) is 14.8. The molecule has 0 amide bonds. The molecule has 0 saturated carbocycles. The van der Waals surface area contributed by atoms with E-state index in [9.17, 15) is 24.5 Å². The van der Waals surface area contributed by atoms with Crippen molar-refractivity contribution in [1.82, 2.24) is 0 Å². The Morgan fingerprint density at radius 3 is 2.33 bits per heavy atom. The lowest BCUT2D eigenvalue weighted by Crippen LogP contribution is -2.22. The van der Waals surface area contributed by atoms with Gasteiger partial charge >= 0.3 is 5.97 Å². The molecular weight excluding hydrogens is 410 g/mol. The normalized spacial score (nSPS) is 12.2. The second-order valence-corrected chi connectivity index (χ2v) is 6.93. The average Bonchev–Trinajstić information content (AvgIpc) is 2.76. The number of non-ortho nitro benzene ring substituents is 1. The Kier molecular flexibility index (Phi) is 4.89. The van der Waals surface area contributed by atoms with E-state index in [0.29, 0.717) is 5.56 Å². The maximum atomic E-state index is 12.9. The number of rotatable bonds is 4. The standard InChI is InChI=1S/C22H12ClNO6/c23-19-17(22(27)30-11-12-4-3-5-13(10-12)24(28)29)9-8-16-18(19)21(26)15-7-2-1-6-14(15)20(16)25/h1-10H,11H2. The Labute approximate surface area is 175 Å². The van der Waals surface area contributed by atoms with E-state index in [-0.39, 0.29) is 50.9 Å². The van der Waals surface area contributed by atoms with E-state index in [1.807, 2.05) is 0 Å². The van der Waals surface area contributed by atoms with Crippen molar-refractivity contribution in [3.63, 3.8) is 0 Å². The van der Waals surface area contributed by atoms with Crippen molar-refractivity contribution in [2.75, 3.05) is 0 Å². The predicted molar refractivity (Wildman–Crippen MR) is 107 cm³/mol. The Balaban J connectivity index is 1.63. The number of carbonyl (C=O) groups excluding carboxylic acids is 3. The van der Waals surface area contributed by atoms with Crippen LogP contribution in [0.2, 0.25) is 5.02 Å². The molecule has 0 bridgehead atoms. The zero-order chi connectivity index (χ0) is 21.4. The van der Waals surface area contributed by atoms with Gasteiger partial charge in [-0.2, -0.15) is 0 Å². The number of carbonyl (C=O) groups is 3. The quantitative estimate of drug-likeness (QED) is 0.275. The molecule has 0 saturated heterocycles.